The normalized spacial score (nSPS) is 15.4. The number of benzene rings is 2. The zero-order chi connectivity index (χ0) is 20.6. The van der Waals surface area contributed by atoms with E-state index < -0.39 is 15.7 Å². The monoisotopic (exact) mass is 409 g/mol. The van der Waals surface area contributed by atoms with Crippen molar-refractivity contribution < 1.29 is 12.8 Å². The van der Waals surface area contributed by atoms with Crippen molar-refractivity contribution in [3.8, 4) is 6.07 Å². The minimum atomic E-state index is -3.91. The van der Waals surface area contributed by atoms with E-state index in [9.17, 15) is 18.1 Å². The van der Waals surface area contributed by atoms with Gasteiger partial charge in [-0.2, -0.15) is 5.26 Å². The maximum absolute atomic E-state index is 13.4. The molecule has 0 atom stereocenters. The number of anilines is 1. The van der Waals surface area contributed by atoms with Crippen molar-refractivity contribution in [2.45, 2.75) is 29.6 Å². The second-order valence-electron chi connectivity index (χ2n) is 7.44. The predicted molar refractivity (Wildman–Crippen MR) is 109 cm³/mol. The van der Waals surface area contributed by atoms with E-state index in [-0.39, 0.29) is 9.79 Å². The summed E-state index contributed by atoms with van der Waals surface area (Å²) in [4.78, 5) is 6.52. The van der Waals surface area contributed by atoms with Crippen molar-refractivity contribution in [1.82, 2.24) is 4.98 Å². The first-order chi connectivity index (χ1) is 13.9. The van der Waals surface area contributed by atoms with Gasteiger partial charge in [-0.05, 0) is 61.2 Å². The van der Waals surface area contributed by atoms with Gasteiger partial charge in [0.25, 0.3) is 0 Å². The molecule has 1 fully saturated rings. The fourth-order valence-electron chi connectivity index (χ4n) is 3.73. The molecule has 0 N–H and O–H groups in total. The minimum absolute atomic E-state index is 0.0168. The van der Waals surface area contributed by atoms with Crippen molar-refractivity contribution in [2.24, 2.45) is 5.92 Å². The molecule has 4 rings (SSSR count). The number of hydrogen-bond acceptors (Lipinski definition) is 5. The Morgan fingerprint density at radius 1 is 1.14 bits per heavy atom. The number of hydrogen-bond donors (Lipinski definition) is 0. The molecule has 0 unspecified atom stereocenters. The molecule has 3 aromatic rings. The van der Waals surface area contributed by atoms with Gasteiger partial charge in [0.15, 0.2) is 0 Å². The van der Waals surface area contributed by atoms with Gasteiger partial charge in [0.05, 0.1) is 27.7 Å². The second-order valence-corrected chi connectivity index (χ2v) is 9.36. The van der Waals surface area contributed by atoms with Crippen LogP contribution in [0.1, 0.15) is 25.3 Å². The van der Waals surface area contributed by atoms with E-state index in [0.717, 1.165) is 38.1 Å². The first-order valence-corrected chi connectivity index (χ1v) is 11.0. The Hall–Kier alpha value is -2.98. The van der Waals surface area contributed by atoms with Gasteiger partial charge in [-0.25, -0.2) is 12.8 Å². The third-order valence-corrected chi connectivity index (χ3v) is 7.22. The fraction of sp³-hybridized carbons (Fsp3) is 0.273. The first-order valence-electron chi connectivity index (χ1n) is 9.48. The minimum Gasteiger partial charge on any atom is -0.370 e. The highest BCUT2D eigenvalue weighted by Crippen LogP contribution is 2.38. The van der Waals surface area contributed by atoms with Crippen LogP contribution >= 0.6 is 0 Å². The Morgan fingerprint density at radius 3 is 2.48 bits per heavy atom. The maximum atomic E-state index is 13.4. The van der Waals surface area contributed by atoms with Crippen molar-refractivity contribution >= 4 is 26.4 Å². The van der Waals surface area contributed by atoms with Crippen LogP contribution in [0.4, 0.5) is 10.1 Å². The Balaban J connectivity index is 1.97. The van der Waals surface area contributed by atoms with E-state index in [1.54, 1.807) is 18.2 Å². The van der Waals surface area contributed by atoms with Gasteiger partial charge >= 0.3 is 0 Å². The van der Waals surface area contributed by atoms with Crippen molar-refractivity contribution in [3.63, 3.8) is 0 Å². The van der Waals surface area contributed by atoms with Crippen molar-refractivity contribution in [2.75, 3.05) is 18.0 Å². The lowest BCUT2D eigenvalue weighted by molar-refractivity contribution is 0.437. The van der Waals surface area contributed by atoms with Crippen LogP contribution in [0, 0.1) is 23.1 Å². The number of nitrogens with zero attached hydrogens (tertiary/aromatic N) is 3. The molecular formula is C22H20FN3O2S. The molecule has 1 aliphatic heterocycles. The Bertz CT molecular complexity index is 1210. The molecule has 1 aliphatic rings. The van der Waals surface area contributed by atoms with E-state index in [2.05, 4.69) is 22.9 Å². The smallest absolute Gasteiger partial charge is 0.210 e. The number of pyridine rings is 1. The van der Waals surface area contributed by atoms with E-state index in [0.29, 0.717) is 28.1 Å². The summed E-state index contributed by atoms with van der Waals surface area (Å²) in [6, 6.07) is 12.0. The SMILES string of the molecule is CC1CCN(c2c(S(=O)(=O)c3ccc(F)cc3)cnc3ccc(C#N)cc23)CC1. The molecule has 2 aromatic carbocycles. The maximum Gasteiger partial charge on any atom is 0.210 e. The van der Waals surface area contributed by atoms with Crippen LogP contribution in [-0.2, 0) is 9.84 Å². The highest BCUT2D eigenvalue weighted by Gasteiger charge is 2.28. The second kappa shape index (κ2) is 7.45. The summed E-state index contributed by atoms with van der Waals surface area (Å²) in [5.41, 5.74) is 1.65. The third-order valence-electron chi connectivity index (χ3n) is 5.45. The quantitative estimate of drug-likeness (QED) is 0.603. The van der Waals surface area contributed by atoms with Gasteiger partial charge in [-0.3, -0.25) is 4.98 Å². The Kier molecular flexibility index (Phi) is 4.97. The lowest BCUT2D eigenvalue weighted by Gasteiger charge is -2.34. The molecule has 0 aliphatic carbocycles. The lowest BCUT2D eigenvalue weighted by atomic mass is 9.98. The van der Waals surface area contributed by atoms with Crippen molar-refractivity contribution in [3.05, 3.63) is 60.0 Å². The van der Waals surface area contributed by atoms with Crippen LogP contribution in [0.25, 0.3) is 10.9 Å². The van der Waals surface area contributed by atoms with Crippen LogP contribution in [0.15, 0.2) is 58.5 Å². The van der Waals surface area contributed by atoms with E-state index >= 15 is 0 Å². The zero-order valence-electron chi connectivity index (χ0n) is 16.0. The van der Waals surface area contributed by atoms with E-state index in [1.165, 1.54) is 18.3 Å². The number of halogens is 1. The standard InChI is InChI=1S/C22H20FN3O2S/c1-15-8-10-26(11-9-15)22-19-12-16(13-24)2-7-20(19)25-14-21(22)29(27,28)18-5-3-17(23)4-6-18/h2-7,12,14-15H,8-11H2,1H3. The predicted octanol–water partition coefficient (Wildman–Crippen LogP) is 4.31. The molecule has 2 heterocycles. The van der Waals surface area contributed by atoms with Gasteiger partial charge in [0, 0.05) is 24.7 Å². The summed E-state index contributed by atoms with van der Waals surface area (Å²) in [6.07, 6.45) is 3.29. The Labute approximate surface area is 169 Å². The van der Waals surface area contributed by atoms with Crippen LogP contribution < -0.4 is 4.90 Å². The molecular weight excluding hydrogens is 389 g/mol. The summed E-state index contributed by atoms with van der Waals surface area (Å²) in [5, 5.41) is 9.97. The molecule has 148 valence electrons. The molecule has 0 saturated carbocycles. The highest BCUT2D eigenvalue weighted by atomic mass is 32.2. The van der Waals surface area contributed by atoms with Crippen LogP contribution in [-0.4, -0.2) is 26.5 Å². The first kappa shape index (κ1) is 19.3. The molecule has 7 heteroatoms. The molecule has 0 amide bonds. The topological polar surface area (TPSA) is 74.1 Å². The largest absolute Gasteiger partial charge is 0.370 e. The lowest BCUT2D eigenvalue weighted by Crippen LogP contribution is -2.34. The summed E-state index contributed by atoms with van der Waals surface area (Å²) in [6.45, 7) is 3.64. The number of sulfone groups is 1. The highest BCUT2D eigenvalue weighted by molar-refractivity contribution is 7.91. The van der Waals surface area contributed by atoms with Gasteiger partial charge < -0.3 is 4.90 Å². The van der Waals surface area contributed by atoms with Gasteiger partial charge in [0.1, 0.15) is 10.7 Å². The average Bonchev–Trinajstić information content (AvgIpc) is 2.73. The van der Waals surface area contributed by atoms with Gasteiger partial charge in [-0.15, -0.1) is 0 Å². The van der Waals surface area contributed by atoms with Gasteiger partial charge in [0.2, 0.25) is 9.84 Å². The van der Waals surface area contributed by atoms with Crippen LogP contribution in [0.3, 0.4) is 0 Å². The molecule has 29 heavy (non-hydrogen) atoms. The Morgan fingerprint density at radius 2 is 1.83 bits per heavy atom. The van der Waals surface area contributed by atoms with Crippen LogP contribution in [0.5, 0.6) is 0 Å². The fourth-order valence-corrected chi connectivity index (χ4v) is 5.16. The van der Waals surface area contributed by atoms with E-state index in [4.69, 9.17) is 0 Å². The number of fused-ring (bicyclic) bond motifs is 1. The summed E-state index contributed by atoms with van der Waals surface area (Å²) < 4.78 is 40.2. The summed E-state index contributed by atoms with van der Waals surface area (Å²) >= 11 is 0. The molecule has 0 radical (unpaired) electrons. The number of aromatic nitrogens is 1. The summed E-state index contributed by atoms with van der Waals surface area (Å²) in [7, 11) is -3.91. The molecule has 5 nitrogen and oxygen atoms in total. The number of nitriles is 1. The van der Waals surface area contributed by atoms with E-state index in [1.807, 2.05) is 0 Å². The molecule has 0 spiro atoms. The molecule has 1 saturated heterocycles. The average molecular weight is 409 g/mol. The van der Waals surface area contributed by atoms with Crippen LogP contribution in [0.2, 0.25) is 0 Å². The van der Waals surface area contributed by atoms with Crippen molar-refractivity contribution in [1.29, 1.82) is 5.26 Å². The zero-order valence-corrected chi connectivity index (χ0v) is 16.8. The third kappa shape index (κ3) is 3.56. The molecule has 1 aromatic heterocycles. The number of piperidine rings is 1. The number of rotatable bonds is 3. The molecule has 0 bridgehead atoms. The summed E-state index contributed by atoms with van der Waals surface area (Å²) in [5.74, 6) is 0.0793. The van der Waals surface area contributed by atoms with Gasteiger partial charge in [-0.1, -0.05) is 6.92 Å².